The van der Waals surface area contributed by atoms with Crippen molar-refractivity contribution in [3.8, 4) is 6.07 Å². The number of carbonyl (C=O) groups excluding carboxylic acids is 1. The third-order valence-electron chi connectivity index (χ3n) is 9.96. The number of aliphatic hydroxyl groups excluding tert-OH is 1. The van der Waals surface area contributed by atoms with Crippen molar-refractivity contribution in [2.75, 3.05) is 0 Å². The van der Waals surface area contributed by atoms with Crippen LogP contribution in [0.1, 0.15) is 85.0 Å². The maximum atomic E-state index is 12.4. The van der Waals surface area contributed by atoms with Crippen LogP contribution in [-0.2, 0) is 4.79 Å². The zero-order chi connectivity index (χ0) is 18.7. The average Bonchev–Trinajstić information content (AvgIpc) is 2.96. The Hall–Kier alpha value is -0.880. The second-order valence-corrected chi connectivity index (χ2v) is 10.6. The number of hydrogen-bond acceptors (Lipinski definition) is 3. The van der Waals surface area contributed by atoms with Gasteiger partial charge < -0.3 is 5.11 Å². The van der Waals surface area contributed by atoms with Gasteiger partial charge in [0, 0.05) is 12.3 Å². The number of Topliss-reactive ketones (excluding diaryl/α,β-unsaturated/α-hetero) is 1. The lowest BCUT2D eigenvalue weighted by Gasteiger charge is -2.65. The van der Waals surface area contributed by atoms with Crippen molar-refractivity contribution >= 4 is 5.78 Å². The summed E-state index contributed by atoms with van der Waals surface area (Å²) in [4.78, 5) is 12.4. The number of ketones is 1. The van der Waals surface area contributed by atoms with Crippen LogP contribution in [0.25, 0.3) is 0 Å². The number of aliphatic hydroxyl groups is 1. The molecule has 0 aliphatic heterocycles. The molecule has 26 heavy (non-hydrogen) atoms. The molecule has 8 atom stereocenters. The second kappa shape index (κ2) is 6.06. The van der Waals surface area contributed by atoms with E-state index in [1.807, 2.05) is 0 Å². The van der Waals surface area contributed by atoms with Crippen LogP contribution in [-0.4, -0.2) is 17.0 Å². The summed E-state index contributed by atoms with van der Waals surface area (Å²) in [5.41, 5.74) is 0.516. The van der Waals surface area contributed by atoms with Crippen LogP contribution in [0.3, 0.4) is 0 Å². The van der Waals surface area contributed by atoms with Gasteiger partial charge in [-0.15, -0.1) is 0 Å². The molecule has 0 heterocycles. The topological polar surface area (TPSA) is 61.1 Å². The van der Waals surface area contributed by atoms with Gasteiger partial charge in [-0.3, -0.25) is 4.79 Å². The fourth-order valence-corrected chi connectivity index (χ4v) is 8.52. The van der Waals surface area contributed by atoms with Gasteiger partial charge in [-0.2, -0.15) is 5.26 Å². The Kier molecular flexibility index (Phi) is 4.31. The number of rotatable bonds is 2. The van der Waals surface area contributed by atoms with E-state index in [9.17, 15) is 15.2 Å². The lowest BCUT2D eigenvalue weighted by atomic mass is 9.40. The molecular weight excluding hydrogens is 322 g/mol. The van der Waals surface area contributed by atoms with E-state index in [0.717, 1.165) is 38.5 Å². The standard InChI is InChI=1S/C23H35NO2/c1-15(25)18-4-5-20-17-7-9-21(2)14-16(26)6-10-22(21,3)19(17)8-11-23(18,20)12-13-24/h16-20,26H,4-12,14H2,1-3H3/t16-,17?,18-,19?,20?,21?,22-,23+/m1/s1. The first-order valence-corrected chi connectivity index (χ1v) is 10.8. The monoisotopic (exact) mass is 357 g/mol. The molecule has 4 aliphatic carbocycles. The Bertz CT molecular complexity index is 639. The second-order valence-electron chi connectivity index (χ2n) is 10.6. The summed E-state index contributed by atoms with van der Waals surface area (Å²) in [6.07, 6.45) is 10.3. The van der Waals surface area contributed by atoms with E-state index in [1.54, 1.807) is 6.92 Å². The van der Waals surface area contributed by atoms with Crippen LogP contribution in [0.15, 0.2) is 0 Å². The minimum Gasteiger partial charge on any atom is -0.393 e. The summed E-state index contributed by atoms with van der Waals surface area (Å²) in [7, 11) is 0. The van der Waals surface area contributed by atoms with E-state index < -0.39 is 0 Å². The van der Waals surface area contributed by atoms with Crippen molar-refractivity contribution in [2.24, 2.45) is 39.9 Å². The zero-order valence-electron chi connectivity index (χ0n) is 16.8. The van der Waals surface area contributed by atoms with Crippen molar-refractivity contribution < 1.29 is 9.90 Å². The highest BCUT2D eigenvalue weighted by Crippen LogP contribution is 2.71. The first-order chi connectivity index (χ1) is 12.3. The van der Waals surface area contributed by atoms with Gasteiger partial charge in [0.1, 0.15) is 5.78 Å². The van der Waals surface area contributed by atoms with Gasteiger partial charge in [0.2, 0.25) is 0 Å². The molecule has 0 aromatic heterocycles. The molecule has 0 radical (unpaired) electrons. The van der Waals surface area contributed by atoms with Gasteiger partial charge in [-0.05, 0) is 98.7 Å². The third kappa shape index (κ3) is 2.30. The van der Waals surface area contributed by atoms with Gasteiger partial charge in [-0.25, -0.2) is 0 Å². The van der Waals surface area contributed by atoms with Crippen LogP contribution >= 0.6 is 0 Å². The summed E-state index contributed by atoms with van der Waals surface area (Å²) in [6.45, 7) is 6.68. The quantitative estimate of drug-likeness (QED) is 0.766. The van der Waals surface area contributed by atoms with Gasteiger partial charge in [0.05, 0.1) is 12.2 Å². The van der Waals surface area contributed by atoms with E-state index in [1.165, 1.54) is 19.3 Å². The normalized spacial score (nSPS) is 53.1. The largest absolute Gasteiger partial charge is 0.393 e. The molecule has 0 bridgehead atoms. The lowest BCUT2D eigenvalue weighted by Crippen LogP contribution is -2.58. The summed E-state index contributed by atoms with van der Waals surface area (Å²) in [5, 5.41) is 19.9. The predicted molar refractivity (Wildman–Crippen MR) is 101 cm³/mol. The summed E-state index contributed by atoms with van der Waals surface area (Å²) in [6, 6.07) is 2.47. The number of carbonyl (C=O) groups is 1. The van der Waals surface area contributed by atoms with Crippen molar-refractivity contribution in [3.63, 3.8) is 0 Å². The molecule has 4 unspecified atom stereocenters. The van der Waals surface area contributed by atoms with Crippen LogP contribution in [0, 0.1) is 51.2 Å². The number of fused-ring (bicyclic) bond motifs is 5. The summed E-state index contributed by atoms with van der Waals surface area (Å²) >= 11 is 0. The van der Waals surface area contributed by atoms with Gasteiger partial charge in [-0.1, -0.05) is 13.8 Å². The van der Waals surface area contributed by atoms with Gasteiger partial charge in [0.25, 0.3) is 0 Å². The van der Waals surface area contributed by atoms with Crippen LogP contribution < -0.4 is 0 Å². The average molecular weight is 358 g/mol. The fourth-order valence-electron chi connectivity index (χ4n) is 8.52. The molecule has 4 aliphatic rings. The van der Waals surface area contributed by atoms with Crippen LogP contribution in [0.4, 0.5) is 0 Å². The Balaban J connectivity index is 1.68. The highest BCUT2D eigenvalue weighted by Gasteiger charge is 2.64. The Morgan fingerprint density at radius 1 is 1.08 bits per heavy atom. The molecule has 0 amide bonds. The number of nitrogens with zero attached hydrogens (tertiary/aromatic N) is 1. The van der Waals surface area contributed by atoms with E-state index >= 15 is 0 Å². The van der Waals surface area contributed by atoms with E-state index in [-0.39, 0.29) is 22.9 Å². The molecular formula is C23H35NO2. The summed E-state index contributed by atoms with van der Waals surface area (Å²) in [5.74, 6) is 2.37. The van der Waals surface area contributed by atoms with E-state index in [2.05, 4.69) is 19.9 Å². The molecule has 0 saturated heterocycles. The zero-order valence-corrected chi connectivity index (χ0v) is 16.8. The highest BCUT2D eigenvalue weighted by molar-refractivity contribution is 5.79. The van der Waals surface area contributed by atoms with Crippen molar-refractivity contribution in [1.29, 1.82) is 5.26 Å². The molecule has 3 nitrogen and oxygen atoms in total. The van der Waals surface area contributed by atoms with Crippen molar-refractivity contribution in [1.82, 2.24) is 0 Å². The molecule has 1 N–H and O–H groups in total. The van der Waals surface area contributed by atoms with Crippen LogP contribution in [0.2, 0.25) is 0 Å². The van der Waals surface area contributed by atoms with Gasteiger partial charge >= 0.3 is 0 Å². The maximum Gasteiger partial charge on any atom is 0.133 e. The molecule has 3 heteroatoms. The van der Waals surface area contributed by atoms with Crippen molar-refractivity contribution in [3.05, 3.63) is 0 Å². The van der Waals surface area contributed by atoms with E-state index in [4.69, 9.17) is 0 Å². The third-order valence-corrected chi connectivity index (χ3v) is 9.96. The molecule has 4 saturated carbocycles. The first kappa shape index (κ1) is 18.5. The minimum atomic E-state index is -0.125. The van der Waals surface area contributed by atoms with E-state index in [0.29, 0.717) is 35.4 Å². The fraction of sp³-hybridized carbons (Fsp3) is 0.913. The Labute approximate surface area is 158 Å². The van der Waals surface area contributed by atoms with Gasteiger partial charge in [0.15, 0.2) is 0 Å². The Morgan fingerprint density at radius 2 is 1.85 bits per heavy atom. The highest BCUT2D eigenvalue weighted by atomic mass is 16.3. The SMILES string of the molecule is CC(=O)[C@H]1CCC2C3CCC4(C)C[C@H](O)CC[C@]4(C)C3CC[C@@]21CC#N. The summed E-state index contributed by atoms with van der Waals surface area (Å²) < 4.78 is 0. The Morgan fingerprint density at radius 3 is 2.54 bits per heavy atom. The van der Waals surface area contributed by atoms with Crippen molar-refractivity contribution in [2.45, 2.75) is 91.1 Å². The molecule has 4 fully saturated rings. The molecule has 4 rings (SSSR count). The molecule has 0 spiro atoms. The molecule has 144 valence electrons. The molecule has 0 aromatic rings. The number of nitriles is 1. The molecule has 0 aromatic carbocycles. The maximum absolute atomic E-state index is 12.4. The first-order valence-electron chi connectivity index (χ1n) is 10.8. The number of hydrogen-bond donors (Lipinski definition) is 1. The predicted octanol–water partition coefficient (Wildman–Crippen LogP) is 4.88. The lowest BCUT2D eigenvalue weighted by molar-refractivity contribution is -0.172. The minimum absolute atomic E-state index is 0.0416. The van der Waals surface area contributed by atoms with Crippen LogP contribution in [0.5, 0.6) is 0 Å². The smallest absolute Gasteiger partial charge is 0.133 e.